The number of morpholine rings is 1. The van der Waals surface area contributed by atoms with Crippen LogP contribution in [0, 0.1) is 6.92 Å². The van der Waals surface area contributed by atoms with E-state index in [2.05, 4.69) is 37.4 Å². The molecule has 8 heterocycles. The molecule has 8 rings (SSSR count). The number of fused-ring (bicyclic) bond motifs is 4. The third-order valence-corrected chi connectivity index (χ3v) is 9.50. The van der Waals surface area contributed by atoms with Crippen LogP contribution in [0.3, 0.4) is 0 Å². The van der Waals surface area contributed by atoms with E-state index in [0.29, 0.717) is 12.6 Å². The summed E-state index contributed by atoms with van der Waals surface area (Å²) in [5.41, 5.74) is 5.34. The van der Waals surface area contributed by atoms with Crippen LogP contribution < -0.4 is 14.5 Å². The molecular formula is C32H38N10O3. The van der Waals surface area contributed by atoms with E-state index in [-0.39, 0.29) is 6.10 Å². The lowest BCUT2D eigenvalue weighted by Crippen LogP contribution is -2.48. The molecule has 2 atom stereocenters. The quantitative estimate of drug-likeness (QED) is 0.259. The third-order valence-electron chi connectivity index (χ3n) is 9.50. The van der Waals surface area contributed by atoms with Crippen molar-refractivity contribution in [2.45, 2.75) is 25.5 Å². The largest absolute Gasteiger partial charge is 0.496 e. The number of ether oxygens (including phenoxy) is 3. The second-order valence-electron chi connectivity index (χ2n) is 12.1. The average molecular weight is 611 g/mol. The zero-order chi connectivity index (χ0) is 30.7. The van der Waals surface area contributed by atoms with Crippen LogP contribution in [0.4, 0.5) is 11.8 Å². The minimum absolute atomic E-state index is 0.232. The fraction of sp³-hybridized carbons (Fsp3) is 0.469. The first-order valence-corrected chi connectivity index (χ1v) is 15.6. The Kier molecular flexibility index (Phi) is 7.03. The lowest BCUT2D eigenvalue weighted by molar-refractivity contribution is 0.0989. The van der Waals surface area contributed by atoms with Crippen molar-refractivity contribution in [1.29, 1.82) is 0 Å². The summed E-state index contributed by atoms with van der Waals surface area (Å²) in [6, 6.07) is 6.30. The van der Waals surface area contributed by atoms with Gasteiger partial charge in [0.15, 0.2) is 11.6 Å². The van der Waals surface area contributed by atoms with Gasteiger partial charge in [-0.25, -0.2) is 14.6 Å². The molecule has 0 aromatic carbocycles. The van der Waals surface area contributed by atoms with Crippen LogP contribution in [0.5, 0.6) is 5.75 Å². The standard InChI is InChI=1S/C32H38N10O3/c1-20-23-17-34-42(26(23)14-25(35-20)24-16-33-6-5-28(24)44-4)29-15-27-30(31(36-29)41-18-22-13-21(41)19-45-22)37-32(38(27)2)40-9-7-39(8-10-40)11-12-43-3/h5-6,14-17,21-22H,7-13,18-19H2,1-4H3/t21-,22-/m1/s1. The molecule has 3 aliphatic rings. The molecule has 0 amide bonds. The first-order valence-electron chi connectivity index (χ1n) is 15.6. The summed E-state index contributed by atoms with van der Waals surface area (Å²) in [5.74, 6) is 3.32. The number of hydrogen-bond donors (Lipinski definition) is 0. The predicted molar refractivity (Wildman–Crippen MR) is 171 cm³/mol. The summed E-state index contributed by atoms with van der Waals surface area (Å²) in [5, 5.41) is 5.82. The number of pyridine rings is 3. The molecule has 0 radical (unpaired) electrons. The molecule has 3 saturated heterocycles. The minimum Gasteiger partial charge on any atom is -0.496 e. The molecule has 2 bridgehead atoms. The first kappa shape index (κ1) is 28.2. The maximum Gasteiger partial charge on any atom is 0.206 e. The molecule has 13 heteroatoms. The maximum absolute atomic E-state index is 5.97. The van der Waals surface area contributed by atoms with Crippen LogP contribution in [0.15, 0.2) is 36.8 Å². The van der Waals surface area contributed by atoms with E-state index < -0.39 is 0 Å². The van der Waals surface area contributed by atoms with E-state index in [1.54, 1.807) is 26.6 Å². The van der Waals surface area contributed by atoms with Gasteiger partial charge in [0.2, 0.25) is 5.95 Å². The second-order valence-corrected chi connectivity index (χ2v) is 12.1. The van der Waals surface area contributed by atoms with Crippen molar-refractivity contribution in [1.82, 2.24) is 39.2 Å². The molecular weight excluding hydrogens is 572 g/mol. The number of rotatable bonds is 8. The van der Waals surface area contributed by atoms with E-state index in [9.17, 15) is 0 Å². The number of piperazine rings is 1. The molecule has 0 spiro atoms. The Labute approximate surface area is 261 Å². The Bertz CT molecular complexity index is 1880. The van der Waals surface area contributed by atoms with Gasteiger partial charge < -0.3 is 28.6 Å². The van der Waals surface area contributed by atoms with Crippen LogP contribution in [0.2, 0.25) is 0 Å². The molecule has 45 heavy (non-hydrogen) atoms. The minimum atomic E-state index is 0.232. The van der Waals surface area contributed by atoms with Gasteiger partial charge in [-0.15, -0.1) is 0 Å². The molecule has 5 aromatic rings. The van der Waals surface area contributed by atoms with Crippen LogP contribution in [0.25, 0.3) is 39.0 Å². The number of methoxy groups -OCH3 is 2. The van der Waals surface area contributed by atoms with E-state index in [1.807, 2.05) is 29.9 Å². The summed E-state index contributed by atoms with van der Waals surface area (Å²) in [4.78, 5) is 27.0. The van der Waals surface area contributed by atoms with Crippen molar-refractivity contribution < 1.29 is 14.2 Å². The van der Waals surface area contributed by atoms with Gasteiger partial charge >= 0.3 is 0 Å². The number of imidazole rings is 1. The van der Waals surface area contributed by atoms with Crippen molar-refractivity contribution >= 4 is 33.7 Å². The average Bonchev–Trinajstić information content (AvgIpc) is 3.88. The molecule has 0 unspecified atom stereocenters. The third kappa shape index (κ3) is 4.77. The summed E-state index contributed by atoms with van der Waals surface area (Å²) in [7, 11) is 5.53. The van der Waals surface area contributed by atoms with Crippen molar-refractivity contribution in [3.05, 3.63) is 42.5 Å². The monoisotopic (exact) mass is 610 g/mol. The molecule has 0 saturated carbocycles. The van der Waals surface area contributed by atoms with E-state index in [4.69, 9.17) is 34.3 Å². The van der Waals surface area contributed by atoms with Crippen LogP contribution in [-0.4, -0.2) is 118 Å². The number of nitrogens with zero attached hydrogens (tertiary/aromatic N) is 10. The van der Waals surface area contributed by atoms with Gasteiger partial charge in [-0.05, 0) is 25.5 Å². The zero-order valence-corrected chi connectivity index (χ0v) is 26.2. The number of aryl methyl sites for hydroxylation is 2. The summed E-state index contributed by atoms with van der Waals surface area (Å²) in [6.07, 6.45) is 6.63. The predicted octanol–water partition coefficient (Wildman–Crippen LogP) is 2.83. The second kappa shape index (κ2) is 11.2. The zero-order valence-electron chi connectivity index (χ0n) is 26.2. The molecule has 13 nitrogen and oxygen atoms in total. The van der Waals surface area contributed by atoms with Crippen LogP contribution in [0.1, 0.15) is 12.1 Å². The molecule has 3 fully saturated rings. The Morgan fingerprint density at radius 1 is 1.02 bits per heavy atom. The highest BCUT2D eigenvalue weighted by Gasteiger charge is 2.41. The van der Waals surface area contributed by atoms with Crippen LogP contribution in [-0.2, 0) is 16.5 Å². The van der Waals surface area contributed by atoms with Crippen molar-refractivity contribution in [2.24, 2.45) is 7.05 Å². The highest BCUT2D eigenvalue weighted by molar-refractivity contribution is 5.92. The normalized spacial score (nSPS) is 20.3. The van der Waals surface area contributed by atoms with E-state index in [0.717, 1.165) is 115 Å². The van der Waals surface area contributed by atoms with Crippen molar-refractivity contribution in [2.75, 3.05) is 76.5 Å². The highest BCUT2D eigenvalue weighted by Crippen LogP contribution is 2.38. The Balaban J connectivity index is 1.24. The Hall–Kier alpha value is -4.33. The van der Waals surface area contributed by atoms with Gasteiger partial charge in [0, 0.05) is 83.0 Å². The molecule has 0 aliphatic carbocycles. The molecule has 5 aromatic heterocycles. The van der Waals surface area contributed by atoms with Gasteiger partial charge in [0.05, 0.1) is 61.0 Å². The van der Waals surface area contributed by atoms with E-state index >= 15 is 0 Å². The fourth-order valence-corrected chi connectivity index (χ4v) is 7.04. The van der Waals surface area contributed by atoms with Gasteiger partial charge in [-0.3, -0.25) is 14.9 Å². The number of aromatic nitrogens is 7. The van der Waals surface area contributed by atoms with Crippen LogP contribution >= 0.6 is 0 Å². The summed E-state index contributed by atoms with van der Waals surface area (Å²) in [6.45, 7) is 9.02. The van der Waals surface area contributed by atoms with Gasteiger partial charge in [0.25, 0.3) is 0 Å². The maximum atomic E-state index is 5.97. The molecule has 3 aliphatic heterocycles. The van der Waals surface area contributed by atoms with E-state index in [1.165, 1.54) is 0 Å². The van der Waals surface area contributed by atoms with Crippen molar-refractivity contribution in [3.63, 3.8) is 0 Å². The lowest BCUT2D eigenvalue weighted by atomic mass is 10.1. The van der Waals surface area contributed by atoms with Crippen molar-refractivity contribution in [3.8, 4) is 22.8 Å². The lowest BCUT2D eigenvalue weighted by Gasteiger charge is -2.35. The number of hydrogen-bond acceptors (Lipinski definition) is 11. The van der Waals surface area contributed by atoms with Gasteiger partial charge in [-0.2, -0.15) is 5.10 Å². The Morgan fingerprint density at radius 2 is 1.89 bits per heavy atom. The van der Waals surface area contributed by atoms with Gasteiger partial charge in [-0.1, -0.05) is 0 Å². The highest BCUT2D eigenvalue weighted by atomic mass is 16.5. The smallest absolute Gasteiger partial charge is 0.206 e. The molecule has 234 valence electrons. The summed E-state index contributed by atoms with van der Waals surface area (Å²) < 4.78 is 21.0. The first-order chi connectivity index (χ1) is 22.0. The fourth-order valence-electron chi connectivity index (χ4n) is 7.04. The Morgan fingerprint density at radius 3 is 2.64 bits per heavy atom. The summed E-state index contributed by atoms with van der Waals surface area (Å²) >= 11 is 0. The number of anilines is 2. The topological polar surface area (TPSA) is 112 Å². The molecule has 0 N–H and O–H groups in total. The van der Waals surface area contributed by atoms with Gasteiger partial charge in [0.1, 0.15) is 11.3 Å². The SMILES string of the molecule is COCCN1CCN(c2nc3c(N4C[C@H]5C[C@@H]4CO5)nc(-n4ncc5c(C)nc(-c6cnccc6OC)cc54)cc3n2C)CC1.